The first kappa shape index (κ1) is 26.1. The summed E-state index contributed by atoms with van der Waals surface area (Å²) in [6, 6.07) is 48.8. The third-order valence-corrected chi connectivity index (χ3v) is 9.74. The van der Waals surface area contributed by atoms with Crippen LogP contribution in [0.2, 0.25) is 0 Å². The molecule has 45 heavy (non-hydrogen) atoms. The van der Waals surface area contributed by atoms with Gasteiger partial charge < -0.3 is 4.74 Å². The van der Waals surface area contributed by atoms with E-state index in [0.29, 0.717) is 13.2 Å². The maximum atomic E-state index is 6.41. The molecule has 0 amide bonds. The summed E-state index contributed by atoms with van der Waals surface area (Å²) < 4.78 is 11.0. The average Bonchev–Trinajstić information content (AvgIpc) is 3.29. The molecule has 8 aromatic rings. The van der Waals surface area contributed by atoms with Crippen LogP contribution in [0.25, 0.3) is 77.0 Å². The van der Waals surface area contributed by atoms with Crippen LogP contribution in [0, 0.1) is 0 Å². The highest BCUT2D eigenvalue weighted by molar-refractivity contribution is 6.14. The Kier molecular flexibility index (Phi) is 5.84. The molecule has 0 bridgehead atoms. The van der Waals surface area contributed by atoms with Crippen molar-refractivity contribution in [3.05, 3.63) is 145 Å². The highest BCUT2D eigenvalue weighted by Gasteiger charge is 2.28. The Bertz CT molecular complexity index is 2210. The Morgan fingerprint density at radius 2 is 0.711 bits per heavy atom. The lowest BCUT2D eigenvalue weighted by molar-refractivity contribution is -0.617. The fraction of sp³-hybridized carbons (Fsp3) is 0.0952. The number of rotatable bonds is 2. The minimum atomic E-state index is 0.568. The lowest BCUT2D eigenvalue weighted by atomic mass is 9.81. The smallest absolute Gasteiger partial charge is 0.213 e. The van der Waals surface area contributed by atoms with Crippen molar-refractivity contribution in [1.82, 2.24) is 0 Å². The van der Waals surface area contributed by atoms with Gasteiger partial charge in [-0.05, 0) is 57.6 Å². The monoisotopic (exact) mass is 580 g/mol. The molecule has 0 saturated heterocycles. The molecule has 9 rings (SSSR count). The SMILES string of the molecule is C[n+]1c2ccccc2c(-c2cccc3c2-c2c(cccc2-c2c4ccccc4[n+](C)c4ccccc24)COC3)c2ccccc21. The normalized spacial score (nSPS) is 12.8. The summed E-state index contributed by atoms with van der Waals surface area (Å²) in [7, 11) is 4.35. The van der Waals surface area contributed by atoms with Gasteiger partial charge in [-0.25, -0.2) is 0 Å². The van der Waals surface area contributed by atoms with Gasteiger partial charge in [-0.1, -0.05) is 84.9 Å². The maximum absolute atomic E-state index is 6.41. The van der Waals surface area contributed by atoms with Crippen molar-refractivity contribution in [2.24, 2.45) is 14.1 Å². The van der Waals surface area contributed by atoms with Gasteiger partial charge in [0.1, 0.15) is 14.1 Å². The molecule has 3 heteroatoms. The largest absolute Gasteiger partial charge is 0.372 e. The quantitative estimate of drug-likeness (QED) is 0.147. The molecule has 0 aliphatic carbocycles. The van der Waals surface area contributed by atoms with Crippen LogP contribution in [0.1, 0.15) is 11.1 Å². The molecule has 0 fully saturated rings. The fourth-order valence-electron chi connectivity index (χ4n) is 7.76. The van der Waals surface area contributed by atoms with Crippen LogP contribution in [0.4, 0.5) is 0 Å². The van der Waals surface area contributed by atoms with Gasteiger partial charge in [0.05, 0.1) is 34.8 Å². The number of hydrogen-bond acceptors (Lipinski definition) is 1. The Morgan fingerprint density at radius 3 is 1.07 bits per heavy atom. The number of aromatic nitrogens is 2. The van der Waals surface area contributed by atoms with Crippen LogP contribution in [0.15, 0.2) is 133 Å². The van der Waals surface area contributed by atoms with Gasteiger partial charge >= 0.3 is 0 Å². The number of nitrogens with zero attached hydrogens (tertiary/aromatic N) is 2. The Hall–Kier alpha value is -5.38. The Morgan fingerprint density at radius 1 is 0.378 bits per heavy atom. The minimum absolute atomic E-state index is 0.568. The first-order chi connectivity index (χ1) is 22.2. The lowest BCUT2D eigenvalue weighted by Gasteiger charge is -2.21. The third kappa shape index (κ3) is 3.81. The fourth-order valence-corrected chi connectivity index (χ4v) is 7.76. The molecule has 3 heterocycles. The highest BCUT2D eigenvalue weighted by atomic mass is 16.5. The summed E-state index contributed by atoms with van der Waals surface area (Å²) in [6.45, 7) is 1.14. The molecule has 1 aliphatic heterocycles. The predicted octanol–water partition coefficient (Wildman–Crippen LogP) is 8.98. The number of para-hydroxylation sites is 4. The van der Waals surface area contributed by atoms with Crippen molar-refractivity contribution in [1.29, 1.82) is 0 Å². The number of benzene rings is 6. The Labute approximate surface area is 262 Å². The van der Waals surface area contributed by atoms with Crippen LogP contribution < -0.4 is 9.13 Å². The number of pyridine rings is 2. The molecule has 0 unspecified atom stereocenters. The van der Waals surface area contributed by atoms with E-state index < -0.39 is 0 Å². The molecule has 0 saturated carbocycles. The zero-order valence-electron chi connectivity index (χ0n) is 25.4. The second-order valence-electron chi connectivity index (χ2n) is 12.1. The molecule has 0 radical (unpaired) electrons. The van der Waals surface area contributed by atoms with Crippen molar-refractivity contribution < 1.29 is 13.9 Å². The van der Waals surface area contributed by atoms with E-state index in [-0.39, 0.29) is 0 Å². The van der Waals surface area contributed by atoms with Crippen LogP contribution in [0.5, 0.6) is 0 Å². The average molecular weight is 581 g/mol. The molecule has 0 atom stereocenters. The summed E-state index contributed by atoms with van der Waals surface area (Å²) in [5, 5.41) is 5.00. The van der Waals surface area contributed by atoms with Gasteiger partial charge in [0, 0.05) is 35.4 Å². The number of aryl methyl sites for hydroxylation is 2. The number of fused-ring (bicyclic) bond motifs is 7. The molecule has 6 aromatic carbocycles. The van der Waals surface area contributed by atoms with Gasteiger partial charge in [-0.2, -0.15) is 9.13 Å². The van der Waals surface area contributed by atoms with Crippen molar-refractivity contribution >= 4 is 43.6 Å². The zero-order valence-corrected chi connectivity index (χ0v) is 25.4. The molecule has 3 nitrogen and oxygen atoms in total. The molecular weight excluding hydrogens is 548 g/mol. The van der Waals surface area contributed by atoms with E-state index >= 15 is 0 Å². The van der Waals surface area contributed by atoms with Crippen molar-refractivity contribution in [2.45, 2.75) is 13.2 Å². The summed E-state index contributed by atoms with van der Waals surface area (Å²) in [5.41, 5.74) is 14.9. The second-order valence-corrected chi connectivity index (χ2v) is 12.1. The van der Waals surface area contributed by atoms with E-state index in [1.54, 1.807) is 0 Å². The van der Waals surface area contributed by atoms with Gasteiger partial charge in [-0.3, -0.25) is 0 Å². The molecule has 0 N–H and O–H groups in total. The van der Waals surface area contributed by atoms with Gasteiger partial charge in [0.25, 0.3) is 0 Å². The minimum Gasteiger partial charge on any atom is -0.372 e. The van der Waals surface area contributed by atoms with E-state index in [2.05, 4.69) is 157 Å². The molecule has 2 aromatic heterocycles. The number of ether oxygens (including phenoxy) is 1. The van der Waals surface area contributed by atoms with Gasteiger partial charge in [0.2, 0.25) is 22.1 Å². The molecule has 0 spiro atoms. The van der Waals surface area contributed by atoms with Crippen LogP contribution in [-0.2, 0) is 32.0 Å². The summed E-state index contributed by atoms with van der Waals surface area (Å²) in [4.78, 5) is 0. The zero-order chi connectivity index (χ0) is 30.1. The van der Waals surface area contributed by atoms with E-state index in [0.717, 1.165) is 0 Å². The van der Waals surface area contributed by atoms with E-state index in [1.165, 1.54) is 88.1 Å². The van der Waals surface area contributed by atoms with Crippen molar-refractivity contribution in [3.8, 4) is 33.4 Å². The van der Waals surface area contributed by atoms with Crippen LogP contribution in [-0.4, -0.2) is 0 Å². The summed E-state index contributed by atoms with van der Waals surface area (Å²) in [5.74, 6) is 0. The van der Waals surface area contributed by atoms with Crippen molar-refractivity contribution in [2.75, 3.05) is 0 Å². The van der Waals surface area contributed by atoms with E-state index in [1.807, 2.05) is 0 Å². The first-order valence-corrected chi connectivity index (χ1v) is 15.6. The molecular formula is C42H32N2O+2. The summed E-state index contributed by atoms with van der Waals surface area (Å²) in [6.07, 6.45) is 0. The standard InChI is InChI=1S/C42H32N2O/c1-43-35-21-7-3-15-29(35)41(30-16-4-8-22-36(30)43)33-19-11-13-27-25-45-26-28-14-12-20-34(40(28)39(27)33)42-31-17-5-9-23-37(31)44(2)38-24-10-6-18-32(38)42/h3-24H,25-26H2,1-2H3/q+2. The summed E-state index contributed by atoms with van der Waals surface area (Å²) >= 11 is 0. The maximum Gasteiger partial charge on any atom is 0.213 e. The molecule has 214 valence electrons. The van der Waals surface area contributed by atoms with Gasteiger partial charge in [0.15, 0.2) is 0 Å². The first-order valence-electron chi connectivity index (χ1n) is 15.6. The van der Waals surface area contributed by atoms with E-state index in [9.17, 15) is 0 Å². The second kappa shape index (κ2) is 10.1. The van der Waals surface area contributed by atoms with Gasteiger partial charge in [-0.15, -0.1) is 0 Å². The van der Waals surface area contributed by atoms with E-state index in [4.69, 9.17) is 4.74 Å². The lowest BCUT2D eigenvalue weighted by Crippen LogP contribution is -2.30. The van der Waals surface area contributed by atoms with Crippen LogP contribution >= 0.6 is 0 Å². The topological polar surface area (TPSA) is 17.0 Å². The predicted molar refractivity (Wildman–Crippen MR) is 184 cm³/mol. The van der Waals surface area contributed by atoms with Crippen LogP contribution in [0.3, 0.4) is 0 Å². The molecule has 1 aliphatic rings. The third-order valence-electron chi connectivity index (χ3n) is 9.74. The van der Waals surface area contributed by atoms with Crippen molar-refractivity contribution in [3.63, 3.8) is 0 Å². The Balaban J connectivity index is 1.47. The highest BCUT2D eigenvalue weighted by Crippen LogP contribution is 2.48. The number of hydrogen-bond donors (Lipinski definition) is 0.